The van der Waals surface area contributed by atoms with Gasteiger partial charge in [0.2, 0.25) is 0 Å². The molecule has 0 aliphatic rings. The van der Waals surface area contributed by atoms with Gasteiger partial charge >= 0.3 is 0 Å². The molecule has 1 nitrogen and oxygen atoms in total. The monoisotopic (exact) mass is 244 g/mol. The second kappa shape index (κ2) is 4.22. The van der Waals surface area contributed by atoms with Crippen LogP contribution < -0.4 is 4.74 Å². The fourth-order valence-corrected chi connectivity index (χ4v) is 1.86. The van der Waals surface area contributed by atoms with Crippen molar-refractivity contribution < 1.29 is 4.74 Å². The first-order valence-electron chi connectivity index (χ1n) is 3.91. The van der Waals surface area contributed by atoms with Crippen LogP contribution in [0.1, 0.15) is 0 Å². The predicted octanol–water partition coefficient (Wildman–Crippen LogP) is 4.85. The van der Waals surface area contributed by atoms with E-state index in [1.165, 1.54) is 0 Å². The zero-order valence-corrected chi connectivity index (χ0v) is 9.36. The molecule has 0 spiro atoms. The van der Waals surface area contributed by atoms with Gasteiger partial charge in [-0.15, -0.1) is 11.3 Å². The minimum Gasteiger partial charge on any atom is -0.455 e. The first kappa shape index (κ1) is 9.84. The summed E-state index contributed by atoms with van der Waals surface area (Å²) >= 11 is 13.3. The minimum absolute atomic E-state index is 0.556. The summed E-state index contributed by atoms with van der Waals surface area (Å²) in [6, 6.07) is 7.01. The number of thiophene rings is 1. The zero-order valence-electron chi connectivity index (χ0n) is 7.04. The summed E-state index contributed by atoms with van der Waals surface area (Å²) in [5, 5.41) is 5.01. The van der Waals surface area contributed by atoms with Crippen LogP contribution in [0.4, 0.5) is 0 Å². The number of halogens is 2. The highest BCUT2D eigenvalue weighted by atomic mass is 35.5. The molecule has 1 aromatic heterocycles. The maximum atomic E-state index is 5.93. The summed E-state index contributed by atoms with van der Waals surface area (Å²) in [5.41, 5.74) is 0. The van der Waals surface area contributed by atoms with E-state index in [4.69, 9.17) is 27.9 Å². The fourth-order valence-electron chi connectivity index (χ4n) is 0.992. The third kappa shape index (κ3) is 2.21. The van der Waals surface area contributed by atoms with Crippen LogP contribution in [0.3, 0.4) is 0 Å². The molecule has 4 heteroatoms. The normalized spacial score (nSPS) is 10.1. The number of hydrogen-bond acceptors (Lipinski definition) is 2. The molecule has 0 bridgehead atoms. The average Bonchev–Trinajstić information content (AvgIpc) is 2.64. The smallest absolute Gasteiger partial charge is 0.147 e. The van der Waals surface area contributed by atoms with Crippen LogP contribution in [0, 0.1) is 0 Å². The van der Waals surface area contributed by atoms with Gasteiger partial charge in [-0.2, -0.15) is 0 Å². The third-order valence-electron chi connectivity index (χ3n) is 1.62. The molecule has 0 aliphatic heterocycles. The van der Waals surface area contributed by atoms with E-state index in [0.717, 1.165) is 5.75 Å². The lowest BCUT2D eigenvalue weighted by Gasteiger charge is -2.05. The van der Waals surface area contributed by atoms with E-state index in [2.05, 4.69) is 0 Å². The number of benzene rings is 1. The highest BCUT2D eigenvalue weighted by Gasteiger charge is 2.03. The van der Waals surface area contributed by atoms with Gasteiger partial charge in [0.15, 0.2) is 0 Å². The van der Waals surface area contributed by atoms with Gasteiger partial charge in [-0.05, 0) is 23.6 Å². The van der Waals surface area contributed by atoms with E-state index in [1.54, 1.807) is 29.5 Å². The summed E-state index contributed by atoms with van der Waals surface area (Å²) in [6.45, 7) is 0. The van der Waals surface area contributed by atoms with Gasteiger partial charge in [-0.1, -0.05) is 23.2 Å². The molecular formula is C10H6Cl2OS. The Morgan fingerprint density at radius 2 is 2.00 bits per heavy atom. The zero-order chi connectivity index (χ0) is 9.97. The predicted molar refractivity (Wildman–Crippen MR) is 60.9 cm³/mol. The molecule has 0 N–H and O–H groups in total. The Hall–Kier alpha value is -0.700. The van der Waals surface area contributed by atoms with E-state index in [0.29, 0.717) is 15.8 Å². The molecule has 0 saturated heterocycles. The standard InChI is InChI=1S/C10H6Cl2OS/c11-7-1-2-9(12)10(5-7)13-8-3-4-14-6-8/h1-6H. The number of ether oxygens (including phenoxy) is 1. The molecule has 1 heterocycles. The van der Waals surface area contributed by atoms with Crippen molar-refractivity contribution in [2.24, 2.45) is 0 Å². The van der Waals surface area contributed by atoms with Gasteiger partial charge in [0, 0.05) is 16.5 Å². The Morgan fingerprint density at radius 1 is 1.14 bits per heavy atom. The summed E-state index contributed by atoms with van der Waals surface area (Å²) in [5.74, 6) is 1.36. The first-order chi connectivity index (χ1) is 6.75. The quantitative estimate of drug-likeness (QED) is 0.734. The topological polar surface area (TPSA) is 9.23 Å². The van der Waals surface area contributed by atoms with Crippen molar-refractivity contribution in [3.8, 4) is 11.5 Å². The van der Waals surface area contributed by atoms with Crippen LogP contribution in [0.2, 0.25) is 10.0 Å². The van der Waals surface area contributed by atoms with Gasteiger partial charge in [-0.3, -0.25) is 0 Å². The van der Waals surface area contributed by atoms with Crippen LogP contribution in [-0.2, 0) is 0 Å². The number of hydrogen-bond donors (Lipinski definition) is 0. The largest absolute Gasteiger partial charge is 0.455 e. The molecule has 2 aromatic rings. The molecule has 0 radical (unpaired) electrons. The molecule has 0 amide bonds. The van der Waals surface area contributed by atoms with Gasteiger partial charge < -0.3 is 4.74 Å². The minimum atomic E-state index is 0.556. The Bertz CT molecular complexity index is 426. The van der Waals surface area contributed by atoms with E-state index >= 15 is 0 Å². The molecule has 72 valence electrons. The van der Waals surface area contributed by atoms with E-state index < -0.39 is 0 Å². The molecule has 14 heavy (non-hydrogen) atoms. The summed E-state index contributed by atoms with van der Waals surface area (Å²) in [7, 11) is 0. The molecule has 0 atom stereocenters. The summed E-state index contributed by atoms with van der Waals surface area (Å²) in [6.07, 6.45) is 0. The van der Waals surface area contributed by atoms with Crippen LogP contribution in [0.25, 0.3) is 0 Å². The Labute approximate surface area is 95.8 Å². The maximum Gasteiger partial charge on any atom is 0.147 e. The van der Waals surface area contributed by atoms with Crippen LogP contribution in [0.5, 0.6) is 11.5 Å². The molecule has 0 aliphatic carbocycles. The highest BCUT2D eigenvalue weighted by molar-refractivity contribution is 7.08. The van der Waals surface area contributed by atoms with Crippen molar-refractivity contribution in [1.82, 2.24) is 0 Å². The van der Waals surface area contributed by atoms with Gasteiger partial charge in [0.1, 0.15) is 11.5 Å². The van der Waals surface area contributed by atoms with Crippen LogP contribution in [0.15, 0.2) is 35.0 Å². The fraction of sp³-hybridized carbons (Fsp3) is 0. The Kier molecular flexibility index (Phi) is 2.96. The molecule has 0 unspecified atom stereocenters. The molecule has 0 fully saturated rings. The van der Waals surface area contributed by atoms with Crippen molar-refractivity contribution in [3.63, 3.8) is 0 Å². The van der Waals surface area contributed by atoms with Gasteiger partial charge in [-0.25, -0.2) is 0 Å². The number of rotatable bonds is 2. The SMILES string of the molecule is Clc1ccc(Cl)c(Oc2ccsc2)c1. The van der Waals surface area contributed by atoms with Crippen molar-refractivity contribution >= 4 is 34.5 Å². The Balaban J connectivity index is 2.28. The van der Waals surface area contributed by atoms with Crippen molar-refractivity contribution in [2.45, 2.75) is 0 Å². The highest BCUT2D eigenvalue weighted by Crippen LogP contribution is 2.32. The lowest BCUT2D eigenvalue weighted by atomic mass is 10.3. The van der Waals surface area contributed by atoms with E-state index in [9.17, 15) is 0 Å². The van der Waals surface area contributed by atoms with E-state index in [1.807, 2.05) is 16.8 Å². The average molecular weight is 245 g/mol. The lowest BCUT2D eigenvalue weighted by molar-refractivity contribution is 0.485. The second-order valence-corrected chi connectivity index (χ2v) is 4.26. The molecule has 2 rings (SSSR count). The van der Waals surface area contributed by atoms with Crippen molar-refractivity contribution in [2.75, 3.05) is 0 Å². The lowest BCUT2D eigenvalue weighted by Crippen LogP contribution is -1.82. The van der Waals surface area contributed by atoms with Crippen molar-refractivity contribution in [1.29, 1.82) is 0 Å². The summed E-state index contributed by atoms with van der Waals surface area (Å²) < 4.78 is 5.52. The second-order valence-electron chi connectivity index (χ2n) is 2.64. The maximum absolute atomic E-state index is 5.93. The summed E-state index contributed by atoms with van der Waals surface area (Å²) in [4.78, 5) is 0. The molecular weight excluding hydrogens is 239 g/mol. The molecule has 0 saturated carbocycles. The molecule has 1 aromatic carbocycles. The third-order valence-corrected chi connectivity index (χ3v) is 2.83. The van der Waals surface area contributed by atoms with Gasteiger partial charge in [0.05, 0.1) is 5.02 Å². The van der Waals surface area contributed by atoms with Crippen LogP contribution >= 0.6 is 34.5 Å². The van der Waals surface area contributed by atoms with Gasteiger partial charge in [0.25, 0.3) is 0 Å². The first-order valence-corrected chi connectivity index (χ1v) is 5.61. The Morgan fingerprint density at radius 3 is 2.71 bits per heavy atom. The van der Waals surface area contributed by atoms with Crippen LogP contribution in [-0.4, -0.2) is 0 Å². The van der Waals surface area contributed by atoms with Crippen molar-refractivity contribution in [3.05, 3.63) is 45.1 Å². The van der Waals surface area contributed by atoms with E-state index in [-0.39, 0.29) is 0 Å².